The van der Waals surface area contributed by atoms with E-state index in [0.29, 0.717) is 0 Å². The molecule has 13 heavy (non-hydrogen) atoms. The highest BCUT2D eigenvalue weighted by Gasteiger charge is 1.99. The van der Waals surface area contributed by atoms with Crippen LogP contribution in [0.5, 0.6) is 0 Å². The molecule has 0 fully saturated rings. The lowest BCUT2D eigenvalue weighted by Crippen LogP contribution is -1.86. The topological polar surface area (TPSA) is 21.6 Å². The molecule has 70 valence electrons. The minimum Gasteiger partial charge on any atom is -0.399 e. The molecule has 0 bridgehead atoms. The Morgan fingerprint density at radius 3 is 2.92 bits per heavy atom. The second-order valence-corrected chi connectivity index (χ2v) is 4.07. The lowest BCUT2D eigenvalue weighted by molar-refractivity contribution is 0.215. The first kappa shape index (κ1) is 10.6. The molecule has 1 aromatic carbocycles. The Bertz CT molecular complexity index is 314. The van der Waals surface area contributed by atoms with Crippen molar-refractivity contribution in [3.63, 3.8) is 0 Å². The summed E-state index contributed by atoms with van der Waals surface area (Å²) in [7, 11) is 1.53. The molecule has 0 aliphatic heterocycles. The Kier molecular flexibility index (Phi) is 4.32. The first-order valence-corrected chi connectivity index (χ1v) is 5.69. The van der Waals surface area contributed by atoms with E-state index in [4.69, 9.17) is 0 Å². The van der Waals surface area contributed by atoms with Gasteiger partial charge in [0.15, 0.2) is 0 Å². The molecular weight excluding hydrogens is 250 g/mol. The van der Waals surface area contributed by atoms with Crippen LogP contribution in [0.25, 0.3) is 0 Å². The first-order valence-electron chi connectivity index (χ1n) is 3.68. The molecule has 1 aromatic rings. The highest BCUT2D eigenvalue weighted by molar-refractivity contribution is 9.10. The predicted molar refractivity (Wildman–Crippen MR) is 60.5 cm³/mol. The fourth-order valence-electron chi connectivity index (χ4n) is 0.916. The van der Waals surface area contributed by atoms with E-state index >= 15 is 0 Å². The monoisotopic (exact) mass is 259 g/mol. The van der Waals surface area contributed by atoms with E-state index in [9.17, 15) is 0 Å². The Labute approximate surface area is 90.5 Å². The molecule has 0 saturated carbocycles. The highest BCUT2D eigenvalue weighted by atomic mass is 79.9. The number of hydrogen-bond acceptors (Lipinski definition) is 3. The van der Waals surface area contributed by atoms with Crippen LogP contribution < -0.4 is 0 Å². The number of rotatable bonds is 3. The van der Waals surface area contributed by atoms with E-state index in [1.165, 1.54) is 12.0 Å². The van der Waals surface area contributed by atoms with Crippen LogP contribution in [0, 0.1) is 0 Å². The van der Waals surface area contributed by atoms with Crippen LogP contribution in [0.15, 0.2) is 32.7 Å². The van der Waals surface area contributed by atoms with Crippen molar-refractivity contribution in [3.8, 4) is 0 Å². The molecular formula is C9H10BrNOS. The van der Waals surface area contributed by atoms with Gasteiger partial charge in [0.1, 0.15) is 7.11 Å². The van der Waals surface area contributed by atoms with E-state index in [0.717, 1.165) is 10.0 Å². The maximum Gasteiger partial charge on any atom is 0.106 e. The maximum atomic E-state index is 4.63. The summed E-state index contributed by atoms with van der Waals surface area (Å²) in [6, 6.07) is 6.07. The smallest absolute Gasteiger partial charge is 0.106 e. The summed E-state index contributed by atoms with van der Waals surface area (Å²) < 4.78 is 1.04. The Balaban J connectivity index is 3.01. The number of nitrogens with zero attached hydrogens (tertiary/aromatic N) is 1. The second-order valence-electron chi connectivity index (χ2n) is 2.30. The van der Waals surface area contributed by atoms with Crippen LogP contribution in [0.1, 0.15) is 5.56 Å². The zero-order chi connectivity index (χ0) is 9.68. The molecule has 0 amide bonds. The SMILES string of the molecule is CON=Cc1cc(Br)ccc1SC. The fourth-order valence-corrected chi connectivity index (χ4v) is 1.85. The summed E-state index contributed by atoms with van der Waals surface area (Å²) in [5.41, 5.74) is 1.06. The first-order chi connectivity index (χ1) is 6.27. The van der Waals surface area contributed by atoms with Gasteiger partial charge < -0.3 is 4.84 Å². The van der Waals surface area contributed by atoms with Crippen molar-refractivity contribution < 1.29 is 4.84 Å². The lowest BCUT2D eigenvalue weighted by atomic mass is 10.2. The van der Waals surface area contributed by atoms with Gasteiger partial charge in [-0.1, -0.05) is 21.1 Å². The molecule has 0 atom stereocenters. The van der Waals surface area contributed by atoms with E-state index in [1.807, 2.05) is 24.5 Å². The molecule has 0 spiro atoms. The van der Waals surface area contributed by atoms with Gasteiger partial charge in [0, 0.05) is 14.9 Å². The number of thioether (sulfide) groups is 1. The number of hydrogen-bond donors (Lipinski definition) is 0. The second kappa shape index (κ2) is 5.29. The normalized spacial score (nSPS) is 10.7. The molecule has 0 aliphatic rings. The van der Waals surface area contributed by atoms with Gasteiger partial charge in [-0.3, -0.25) is 0 Å². The van der Waals surface area contributed by atoms with Crippen molar-refractivity contribution in [2.24, 2.45) is 5.16 Å². The van der Waals surface area contributed by atoms with Gasteiger partial charge in [0.25, 0.3) is 0 Å². The average Bonchev–Trinajstić information content (AvgIpc) is 2.15. The van der Waals surface area contributed by atoms with Crippen LogP contribution >= 0.6 is 27.7 Å². The van der Waals surface area contributed by atoms with E-state index in [-0.39, 0.29) is 0 Å². The molecule has 0 aliphatic carbocycles. The van der Waals surface area contributed by atoms with Crippen molar-refractivity contribution in [2.75, 3.05) is 13.4 Å². The Hall–Kier alpha value is -0.480. The molecule has 1 rings (SSSR count). The molecule has 2 nitrogen and oxygen atoms in total. The van der Waals surface area contributed by atoms with E-state index in [2.05, 4.69) is 25.9 Å². The van der Waals surface area contributed by atoms with Gasteiger partial charge in [0.05, 0.1) is 6.21 Å². The van der Waals surface area contributed by atoms with Gasteiger partial charge in [-0.2, -0.15) is 0 Å². The van der Waals surface area contributed by atoms with Crippen LogP contribution in [0.2, 0.25) is 0 Å². The predicted octanol–water partition coefficient (Wildman–Crippen LogP) is 3.15. The maximum absolute atomic E-state index is 4.63. The summed E-state index contributed by atoms with van der Waals surface area (Å²) in [5, 5.41) is 3.73. The molecule has 0 aromatic heterocycles. The summed E-state index contributed by atoms with van der Waals surface area (Å²) in [4.78, 5) is 5.81. The molecule has 0 unspecified atom stereocenters. The van der Waals surface area contributed by atoms with Gasteiger partial charge in [-0.25, -0.2) is 0 Å². The zero-order valence-corrected chi connectivity index (χ0v) is 9.85. The van der Waals surface area contributed by atoms with Crippen molar-refractivity contribution in [1.82, 2.24) is 0 Å². The van der Waals surface area contributed by atoms with Gasteiger partial charge in [-0.15, -0.1) is 11.8 Å². The van der Waals surface area contributed by atoms with Gasteiger partial charge in [0.2, 0.25) is 0 Å². The molecule has 0 radical (unpaired) electrons. The largest absolute Gasteiger partial charge is 0.399 e. The molecule has 0 saturated heterocycles. The quantitative estimate of drug-likeness (QED) is 0.473. The Morgan fingerprint density at radius 2 is 2.31 bits per heavy atom. The third-order valence-corrected chi connectivity index (χ3v) is 2.79. The van der Waals surface area contributed by atoms with E-state index < -0.39 is 0 Å². The minimum atomic E-state index is 1.04. The molecule has 0 N–H and O–H groups in total. The number of benzene rings is 1. The summed E-state index contributed by atoms with van der Waals surface area (Å²) >= 11 is 5.09. The lowest BCUT2D eigenvalue weighted by Gasteiger charge is -2.01. The van der Waals surface area contributed by atoms with Crippen LogP contribution in [-0.4, -0.2) is 19.6 Å². The zero-order valence-electron chi connectivity index (χ0n) is 7.45. The highest BCUT2D eigenvalue weighted by Crippen LogP contribution is 2.22. The third-order valence-electron chi connectivity index (χ3n) is 1.49. The van der Waals surface area contributed by atoms with E-state index in [1.54, 1.807) is 18.0 Å². The standard InChI is InChI=1S/C9H10BrNOS/c1-12-11-6-7-5-8(10)3-4-9(7)13-2/h3-6H,1-2H3. The van der Waals surface area contributed by atoms with Crippen LogP contribution in [-0.2, 0) is 4.84 Å². The van der Waals surface area contributed by atoms with Crippen molar-refractivity contribution >= 4 is 33.9 Å². The van der Waals surface area contributed by atoms with Crippen molar-refractivity contribution in [3.05, 3.63) is 28.2 Å². The molecule has 0 heterocycles. The van der Waals surface area contributed by atoms with Gasteiger partial charge in [-0.05, 0) is 24.5 Å². The molecule has 4 heteroatoms. The van der Waals surface area contributed by atoms with Gasteiger partial charge >= 0.3 is 0 Å². The average molecular weight is 260 g/mol. The number of halogens is 1. The van der Waals surface area contributed by atoms with Crippen molar-refractivity contribution in [2.45, 2.75) is 4.90 Å². The summed E-state index contributed by atoms with van der Waals surface area (Å²) in [6.07, 6.45) is 3.74. The Morgan fingerprint density at radius 1 is 1.54 bits per heavy atom. The number of oxime groups is 1. The van der Waals surface area contributed by atoms with Crippen LogP contribution in [0.4, 0.5) is 0 Å². The third kappa shape index (κ3) is 3.04. The van der Waals surface area contributed by atoms with Crippen LogP contribution in [0.3, 0.4) is 0 Å². The summed E-state index contributed by atoms with van der Waals surface area (Å²) in [6.45, 7) is 0. The summed E-state index contributed by atoms with van der Waals surface area (Å²) in [5.74, 6) is 0. The minimum absolute atomic E-state index is 1.04. The fraction of sp³-hybridized carbons (Fsp3) is 0.222. The van der Waals surface area contributed by atoms with Crippen molar-refractivity contribution in [1.29, 1.82) is 0 Å².